The number of amides is 1. The molecule has 0 spiro atoms. The predicted octanol–water partition coefficient (Wildman–Crippen LogP) is 4.55. The fourth-order valence-electron chi connectivity index (χ4n) is 3.06. The molecule has 0 bridgehead atoms. The molecule has 0 fully saturated rings. The van der Waals surface area contributed by atoms with Gasteiger partial charge in [-0.3, -0.25) is 4.79 Å². The topological polar surface area (TPSA) is 46.9 Å². The Morgan fingerprint density at radius 1 is 1.00 bits per heavy atom. The van der Waals surface area contributed by atoms with Crippen molar-refractivity contribution in [2.75, 3.05) is 0 Å². The average molecular weight is 335 g/mol. The van der Waals surface area contributed by atoms with Gasteiger partial charge in [-0.2, -0.15) is 0 Å². The Hall–Kier alpha value is -2.62. The molecule has 0 saturated carbocycles. The molecule has 0 atom stereocenters. The van der Waals surface area contributed by atoms with Crippen LogP contribution in [0.25, 0.3) is 11.0 Å². The molecule has 0 radical (unpaired) electrons. The van der Waals surface area contributed by atoms with Crippen molar-refractivity contribution in [1.82, 2.24) is 14.9 Å². The van der Waals surface area contributed by atoms with Crippen LogP contribution in [0.1, 0.15) is 48.8 Å². The number of hydrogen-bond acceptors (Lipinski definition) is 2. The Morgan fingerprint density at radius 3 is 2.56 bits per heavy atom. The number of benzene rings is 2. The van der Waals surface area contributed by atoms with E-state index in [1.165, 1.54) is 19.3 Å². The van der Waals surface area contributed by atoms with Crippen LogP contribution < -0.4 is 5.32 Å². The van der Waals surface area contributed by atoms with E-state index in [9.17, 15) is 4.79 Å². The molecule has 0 aliphatic carbocycles. The largest absolute Gasteiger partial charge is 0.345 e. The number of aryl methyl sites for hydroxylation is 1. The van der Waals surface area contributed by atoms with E-state index < -0.39 is 0 Å². The summed E-state index contributed by atoms with van der Waals surface area (Å²) in [5.41, 5.74) is 2.80. The molecule has 3 aromatic rings. The first-order chi connectivity index (χ1) is 12.3. The molecule has 0 saturated heterocycles. The predicted molar refractivity (Wildman–Crippen MR) is 101 cm³/mol. The zero-order valence-corrected chi connectivity index (χ0v) is 14.7. The van der Waals surface area contributed by atoms with Crippen molar-refractivity contribution in [1.29, 1.82) is 0 Å². The lowest BCUT2D eigenvalue weighted by atomic mass is 10.2. The smallest absolute Gasteiger partial charge is 0.251 e. The molecule has 25 heavy (non-hydrogen) atoms. The standard InChI is InChI=1S/C21H25N3O/c1-2-3-4-10-15-24-19-14-9-8-13-18(19)23-20(24)16-22-21(25)17-11-6-5-7-12-17/h5-9,11-14H,2-4,10,15-16H2,1H3,(H,22,25). The van der Waals surface area contributed by atoms with Gasteiger partial charge in [-0.15, -0.1) is 0 Å². The molecule has 1 amide bonds. The Balaban J connectivity index is 1.74. The second-order valence-electron chi connectivity index (χ2n) is 6.28. The van der Waals surface area contributed by atoms with Crippen LogP contribution in [0.5, 0.6) is 0 Å². The third kappa shape index (κ3) is 4.27. The van der Waals surface area contributed by atoms with Gasteiger partial charge in [0, 0.05) is 12.1 Å². The highest BCUT2D eigenvalue weighted by atomic mass is 16.1. The zero-order chi connectivity index (χ0) is 17.5. The average Bonchev–Trinajstić information content (AvgIpc) is 3.01. The van der Waals surface area contributed by atoms with Gasteiger partial charge in [-0.1, -0.05) is 56.5 Å². The highest BCUT2D eigenvalue weighted by Crippen LogP contribution is 2.17. The Kier molecular flexibility index (Phi) is 5.83. The molecule has 2 aromatic carbocycles. The van der Waals surface area contributed by atoms with Crippen molar-refractivity contribution in [2.24, 2.45) is 0 Å². The van der Waals surface area contributed by atoms with E-state index in [1.807, 2.05) is 48.5 Å². The number of nitrogens with one attached hydrogen (secondary N) is 1. The molecule has 1 N–H and O–H groups in total. The fraction of sp³-hybridized carbons (Fsp3) is 0.333. The van der Waals surface area contributed by atoms with Crippen molar-refractivity contribution in [3.05, 3.63) is 66.0 Å². The summed E-state index contributed by atoms with van der Waals surface area (Å²) in [4.78, 5) is 17.0. The first kappa shape index (κ1) is 17.2. The molecular formula is C21H25N3O. The summed E-state index contributed by atoms with van der Waals surface area (Å²) in [6.07, 6.45) is 4.84. The Morgan fingerprint density at radius 2 is 1.76 bits per heavy atom. The lowest BCUT2D eigenvalue weighted by Gasteiger charge is -2.10. The molecule has 1 aromatic heterocycles. The molecule has 0 aliphatic heterocycles. The minimum Gasteiger partial charge on any atom is -0.345 e. The maximum atomic E-state index is 12.3. The van der Waals surface area contributed by atoms with Gasteiger partial charge in [0.2, 0.25) is 0 Å². The van der Waals surface area contributed by atoms with Gasteiger partial charge >= 0.3 is 0 Å². The van der Waals surface area contributed by atoms with Crippen LogP contribution >= 0.6 is 0 Å². The van der Waals surface area contributed by atoms with Crippen LogP contribution in [-0.4, -0.2) is 15.5 Å². The summed E-state index contributed by atoms with van der Waals surface area (Å²) in [6, 6.07) is 17.5. The van der Waals surface area contributed by atoms with Crippen molar-refractivity contribution in [2.45, 2.75) is 45.7 Å². The van der Waals surface area contributed by atoms with Crippen LogP contribution in [0.15, 0.2) is 54.6 Å². The molecule has 0 aliphatic rings. The van der Waals surface area contributed by atoms with Crippen LogP contribution in [0, 0.1) is 0 Å². The summed E-state index contributed by atoms with van der Waals surface area (Å²) < 4.78 is 2.25. The van der Waals surface area contributed by atoms with Crippen LogP contribution in [0.4, 0.5) is 0 Å². The number of unbranched alkanes of at least 4 members (excludes halogenated alkanes) is 3. The lowest BCUT2D eigenvalue weighted by molar-refractivity contribution is 0.0949. The number of carbonyl (C=O) groups is 1. The van der Waals surface area contributed by atoms with Gasteiger partial charge < -0.3 is 9.88 Å². The summed E-state index contributed by atoms with van der Waals surface area (Å²) >= 11 is 0. The SMILES string of the molecule is CCCCCCn1c(CNC(=O)c2ccccc2)nc2ccccc21. The molecule has 4 heteroatoms. The van der Waals surface area contributed by atoms with E-state index in [-0.39, 0.29) is 5.91 Å². The van der Waals surface area contributed by atoms with E-state index in [2.05, 4.69) is 22.9 Å². The summed E-state index contributed by atoms with van der Waals surface area (Å²) in [5.74, 6) is 0.854. The summed E-state index contributed by atoms with van der Waals surface area (Å²) in [7, 11) is 0. The number of rotatable bonds is 8. The minimum absolute atomic E-state index is 0.0646. The molecule has 0 unspecified atom stereocenters. The number of carbonyl (C=O) groups excluding carboxylic acids is 1. The van der Waals surface area contributed by atoms with Crippen LogP contribution in [-0.2, 0) is 13.1 Å². The molecular weight excluding hydrogens is 310 g/mol. The second-order valence-corrected chi connectivity index (χ2v) is 6.28. The summed E-state index contributed by atoms with van der Waals surface area (Å²) in [6.45, 7) is 3.60. The first-order valence-corrected chi connectivity index (χ1v) is 9.07. The van der Waals surface area contributed by atoms with Crippen molar-refractivity contribution in [3.8, 4) is 0 Å². The van der Waals surface area contributed by atoms with E-state index >= 15 is 0 Å². The maximum absolute atomic E-state index is 12.3. The molecule has 4 nitrogen and oxygen atoms in total. The van der Waals surface area contributed by atoms with Gasteiger partial charge in [0.15, 0.2) is 0 Å². The number of para-hydroxylation sites is 2. The van der Waals surface area contributed by atoms with E-state index in [4.69, 9.17) is 4.98 Å². The third-order valence-electron chi connectivity index (χ3n) is 4.41. The monoisotopic (exact) mass is 335 g/mol. The highest BCUT2D eigenvalue weighted by Gasteiger charge is 2.12. The van der Waals surface area contributed by atoms with Gasteiger partial charge in [0.25, 0.3) is 5.91 Å². The minimum atomic E-state index is -0.0646. The van der Waals surface area contributed by atoms with Gasteiger partial charge in [0.05, 0.1) is 17.6 Å². The number of fused-ring (bicyclic) bond motifs is 1. The zero-order valence-electron chi connectivity index (χ0n) is 14.7. The summed E-state index contributed by atoms with van der Waals surface area (Å²) in [5, 5.41) is 3.00. The Bertz CT molecular complexity index is 824. The Labute approximate surface area is 148 Å². The quantitative estimate of drug-likeness (QED) is 0.614. The molecule has 130 valence electrons. The number of hydrogen-bond donors (Lipinski definition) is 1. The van der Waals surface area contributed by atoms with Crippen LogP contribution in [0.3, 0.4) is 0 Å². The van der Waals surface area contributed by atoms with E-state index in [0.29, 0.717) is 12.1 Å². The van der Waals surface area contributed by atoms with Crippen molar-refractivity contribution < 1.29 is 4.79 Å². The lowest BCUT2D eigenvalue weighted by Crippen LogP contribution is -2.24. The fourth-order valence-corrected chi connectivity index (χ4v) is 3.06. The normalized spacial score (nSPS) is 10.9. The van der Waals surface area contributed by atoms with Crippen LogP contribution in [0.2, 0.25) is 0 Å². The third-order valence-corrected chi connectivity index (χ3v) is 4.41. The number of imidazole rings is 1. The highest BCUT2D eigenvalue weighted by molar-refractivity contribution is 5.94. The maximum Gasteiger partial charge on any atom is 0.251 e. The van der Waals surface area contributed by atoms with Gasteiger partial charge in [0.1, 0.15) is 5.82 Å². The number of nitrogens with zero attached hydrogens (tertiary/aromatic N) is 2. The van der Waals surface area contributed by atoms with Gasteiger partial charge in [-0.25, -0.2) is 4.98 Å². The van der Waals surface area contributed by atoms with Crippen molar-refractivity contribution >= 4 is 16.9 Å². The second kappa shape index (κ2) is 8.47. The van der Waals surface area contributed by atoms with Crippen molar-refractivity contribution in [3.63, 3.8) is 0 Å². The molecule has 3 rings (SSSR count). The first-order valence-electron chi connectivity index (χ1n) is 9.07. The number of aromatic nitrogens is 2. The van der Waals surface area contributed by atoms with E-state index in [0.717, 1.165) is 29.8 Å². The van der Waals surface area contributed by atoms with E-state index in [1.54, 1.807) is 0 Å². The van der Waals surface area contributed by atoms with Gasteiger partial charge in [-0.05, 0) is 30.7 Å². The molecule has 1 heterocycles.